The molecule has 0 bridgehead atoms. The minimum absolute atomic E-state index is 0.116. The smallest absolute Gasteiger partial charge is 0.257 e. The second-order valence-electron chi connectivity index (χ2n) is 4.85. The highest BCUT2D eigenvalue weighted by Crippen LogP contribution is 2.25. The Labute approximate surface area is 130 Å². The average Bonchev–Trinajstić information content (AvgIpc) is 2.44. The Morgan fingerprint density at radius 3 is 2.86 bits per heavy atom. The number of benzene rings is 1. The molecule has 0 aliphatic rings. The van der Waals surface area contributed by atoms with Crippen LogP contribution in [0.1, 0.15) is 25.8 Å². The van der Waals surface area contributed by atoms with Crippen molar-refractivity contribution in [1.29, 1.82) is 5.26 Å². The summed E-state index contributed by atoms with van der Waals surface area (Å²) in [4.78, 5) is 11.4. The van der Waals surface area contributed by atoms with Gasteiger partial charge in [0.15, 0.2) is 6.61 Å². The summed E-state index contributed by atoms with van der Waals surface area (Å²) in [5, 5.41) is 14.7. The summed E-state index contributed by atoms with van der Waals surface area (Å²) >= 11 is 6.13. The van der Waals surface area contributed by atoms with E-state index in [1.165, 1.54) is 0 Å². The van der Waals surface area contributed by atoms with E-state index in [9.17, 15) is 4.79 Å². The van der Waals surface area contributed by atoms with E-state index in [0.717, 1.165) is 12.1 Å². The maximum Gasteiger partial charge on any atom is 0.257 e. The molecule has 0 aromatic heterocycles. The molecular formula is C15H20ClN3O2. The van der Waals surface area contributed by atoms with Gasteiger partial charge in [-0.1, -0.05) is 31.5 Å². The van der Waals surface area contributed by atoms with Crippen molar-refractivity contribution in [1.82, 2.24) is 10.6 Å². The van der Waals surface area contributed by atoms with Gasteiger partial charge in [-0.3, -0.25) is 4.79 Å². The molecule has 5 nitrogen and oxygen atoms in total. The molecule has 0 radical (unpaired) electrons. The van der Waals surface area contributed by atoms with Gasteiger partial charge in [0.25, 0.3) is 5.91 Å². The number of amides is 1. The lowest BCUT2D eigenvalue weighted by Gasteiger charge is -2.11. The van der Waals surface area contributed by atoms with Crippen LogP contribution in [0.15, 0.2) is 18.2 Å². The van der Waals surface area contributed by atoms with E-state index in [1.807, 2.05) is 18.2 Å². The third-order valence-electron chi connectivity index (χ3n) is 2.63. The van der Waals surface area contributed by atoms with Crippen molar-refractivity contribution in [2.45, 2.75) is 32.9 Å². The number of rotatable bonds is 8. The molecule has 0 saturated heterocycles. The molecule has 21 heavy (non-hydrogen) atoms. The molecule has 1 aromatic carbocycles. The van der Waals surface area contributed by atoms with E-state index < -0.39 is 0 Å². The van der Waals surface area contributed by atoms with Gasteiger partial charge in [-0.15, -0.1) is 0 Å². The highest BCUT2D eigenvalue weighted by Gasteiger charge is 2.07. The lowest BCUT2D eigenvalue weighted by Crippen LogP contribution is -2.29. The van der Waals surface area contributed by atoms with Crippen LogP contribution in [0.3, 0.4) is 0 Å². The highest BCUT2D eigenvalue weighted by molar-refractivity contribution is 6.32. The number of carbonyl (C=O) groups excluding carboxylic acids is 1. The highest BCUT2D eigenvalue weighted by atomic mass is 35.5. The molecule has 1 amide bonds. The molecule has 0 saturated carbocycles. The van der Waals surface area contributed by atoms with Crippen LogP contribution in [0.25, 0.3) is 0 Å². The Morgan fingerprint density at radius 2 is 2.24 bits per heavy atom. The van der Waals surface area contributed by atoms with Crippen LogP contribution in [0, 0.1) is 11.3 Å². The van der Waals surface area contributed by atoms with Gasteiger partial charge in [-0.25, -0.2) is 0 Å². The van der Waals surface area contributed by atoms with Crippen molar-refractivity contribution >= 4 is 17.5 Å². The molecule has 0 atom stereocenters. The number of hydrogen-bond donors (Lipinski definition) is 2. The Balaban J connectivity index is 2.45. The zero-order valence-electron chi connectivity index (χ0n) is 12.3. The summed E-state index contributed by atoms with van der Waals surface area (Å²) in [6.45, 7) is 5.08. The second kappa shape index (κ2) is 9.22. The van der Waals surface area contributed by atoms with Gasteiger partial charge in [0, 0.05) is 19.1 Å². The number of nitriles is 1. The zero-order valence-corrected chi connectivity index (χ0v) is 13.0. The third kappa shape index (κ3) is 6.98. The molecule has 0 fully saturated rings. The predicted octanol–water partition coefficient (Wildman–Crippen LogP) is 2.25. The fourth-order valence-electron chi connectivity index (χ4n) is 1.55. The molecule has 0 aliphatic heterocycles. The first-order valence-electron chi connectivity index (χ1n) is 6.81. The van der Waals surface area contributed by atoms with Gasteiger partial charge in [-0.2, -0.15) is 5.26 Å². The predicted molar refractivity (Wildman–Crippen MR) is 82.2 cm³/mol. The summed E-state index contributed by atoms with van der Waals surface area (Å²) in [5.41, 5.74) is 1.06. The van der Waals surface area contributed by atoms with Gasteiger partial charge < -0.3 is 15.4 Å². The monoisotopic (exact) mass is 309 g/mol. The zero-order chi connectivity index (χ0) is 15.7. The van der Waals surface area contributed by atoms with Gasteiger partial charge in [-0.05, 0) is 17.7 Å². The molecule has 0 spiro atoms. The van der Waals surface area contributed by atoms with E-state index in [2.05, 4.69) is 24.5 Å². The normalized spacial score (nSPS) is 10.2. The molecule has 0 unspecified atom stereocenters. The van der Waals surface area contributed by atoms with Crippen LogP contribution in [-0.2, 0) is 11.3 Å². The van der Waals surface area contributed by atoms with Crippen LogP contribution in [0.5, 0.6) is 5.75 Å². The van der Waals surface area contributed by atoms with Crippen molar-refractivity contribution in [3.63, 3.8) is 0 Å². The van der Waals surface area contributed by atoms with Gasteiger partial charge in [0.2, 0.25) is 0 Å². The Morgan fingerprint density at radius 1 is 1.48 bits per heavy atom. The standard InChI is InChI=1S/C15H20ClN3O2/c1-11(2)19-9-12-4-5-14(13(16)8-12)21-10-15(20)18-7-3-6-17/h4-5,8,11,19H,3,7,9-10H2,1-2H3,(H,18,20). The average molecular weight is 310 g/mol. The number of nitrogens with zero attached hydrogens (tertiary/aromatic N) is 1. The first kappa shape index (κ1) is 17.3. The molecule has 2 N–H and O–H groups in total. The summed E-state index contributed by atoms with van der Waals surface area (Å²) in [6.07, 6.45) is 0.282. The van der Waals surface area contributed by atoms with E-state index in [0.29, 0.717) is 23.4 Å². The third-order valence-corrected chi connectivity index (χ3v) is 2.92. The Bertz CT molecular complexity index is 512. The topological polar surface area (TPSA) is 74.2 Å². The maximum atomic E-state index is 11.4. The van der Waals surface area contributed by atoms with Crippen LogP contribution >= 0.6 is 11.6 Å². The molecule has 0 aliphatic carbocycles. The van der Waals surface area contributed by atoms with Gasteiger partial charge in [0.05, 0.1) is 17.5 Å². The lowest BCUT2D eigenvalue weighted by atomic mass is 10.2. The van der Waals surface area contributed by atoms with Crippen molar-refractivity contribution < 1.29 is 9.53 Å². The largest absolute Gasteiger partial charge is 0.482 e. The fourth-order valence-corrected chi connectivity index (χ4v) is 1.80. The second-order valence-corrected chi connectivity index (χ2v) is 5.25. The van der Waals surface area contributed by atoms with Gasteiger partial charge in [0.1, 0.15) is 5.75 Å². The maximum absolute atomic E-state index is 11.4. The molecule has 1 rings (SSSR count). The minimum atomic E-state index is -0.271. The van der Waals surface area contributed by atoms with Crippen LogP contribution in [0.4, 0.5) is 0 Å². The Kier molecular flexibility index (Phi) is 7.59. The summed E-state index contributed by atoms with van der Waals surface area (Å²) in [7, 11) is 0. The van der Waals surface area contributed by atoms with E-state index in [4.69, 9.17) is 21.6 Å². The van der Waals surface area contributed by atoms with E-state index in [-0.39, 0.29) is 18.9 Å². The first-order chi connectivity index (χ1) is 10.0. The van der Waals surface area contributed by atoms with Crippen LogP contribution < -0.4 is 15.4 Å². The molecule has 114 valence electrons. The SMILES string of the molecule is CC(C)NCc1ccc(OCC(=O)NCCC#N)c(Cl)c1. The quantitative estimate of drug-likeness (QED) is 0.722. The Hall–Kier alpha value is -1.77. The molecule has 6 heteroatoms. The lowest BCUT2D eigenvalue weighted by molar-refractivity contribution is -0.123. The summed E-state index contributed by atoms with van der Waals surface area (Å²) in [6, 6.07) is 7.83. The number of ether oxygens (including phenoxy) is 1. The summed E-state index contributed by atoms with van der Waals surface area (Å²) in [5.74, 6) is 0.201. The van der Waals surface area contributed by atoms with E-state index in [1.54, 1.807) is 6.07 Å². The van der Waals surface area contributed by atoms with Crippen LogP contribution in [0.2, 0.25) is 5.02 Å². The van der Waals surface area contributed by atoms with Crippen molar-refractivity contribution in [2.75, 3.05) is 13.2 Å². The number of halogens is 1. The van der Waals surface area contributed by atoms with Crippen molar-refractivity contribution in [3.8, 4) is 11.8 Å². The van der Waals surface area contributed by atoms with Crippen LogP contribution in [-0.4, -0.2) is 25.1 Å². The molecular weight excluding hydrogens is 290 g/mol. The number of carbonyl (C=O) groups is 1. The molecule has 1 aromatic rings. The minimum Gasteiger partial charge on any atom is -0.482 e. The van der Waals surface area contributed by atoms with Crippen molar-refractivity contribution in [3.05, 3.63) is 28.8 Å². The van der Waals surface area contributed by atoms with Gasteiger partial charge >= 0.3 is 0 Å². The fraction of sp³-hybridized carbons (Fsp3) is 0.467. The van der Waals surface area contributed by atoms with E-state index >= 15 is 0 Å². The van der Waals surface area contributed by atoms with Crippen molar-refractivity contribution in [2.24, 2.45) is 0 Å². The first-order valence-corrected chi connectivity index (χ1v) is 7.19. The summed E-state index contributed by atoms with van der Waals surface area (Å²) < 4.78 is 5.36. The number of hydrogen-bond acceptors (Lipinski definition) is 4. The number of nitrogens with one attached hydrogen (secondary N) is 2. The molecule has 0 heterocycles.